The molecule has 0 aromatic heterocycles. The zero-order valence-corrected chi connectivity index (χ0v) is 15.9. The summed E-state index contributed by atoms with van der Waals surface area (Å²) < 4.78 is 65.9. The summed E-state index contributed by atoms with van der Waals surface area (Å²) in [5.74, 6) is -1.51. The molecule has 0 aliphatic carbocycles. The lowest BCUT2D eigenvalue weighted by Gasteiger charge is -2.26. The molecule has 1 aliphatic rings. The van der Waals surface area contributed by atoms with Gasteiger partial charge in [-0.25, -0.2) is 13.2 Å². The zero-order valence-electron chi connectivity index (χ0n) is 15.1. The lowest BCUT2D eigenvalue weighted by atomic mass is 10.1. The number of nitrogens with zero attached hydrogens (tertiary/aromatic N) is 1. The maximum absolute atomic E-state index is 12.7. The van der Waals surface area contributed by atoms with Gasteiger partial charge >= 0.3 is 12.1 Å². The molecule has 0 bridgehead atoms. The number of likely N-dealkylation sites (N-methyl/N-ethyl adjacent to an activating group) is 1. The molecule has 1 amide bonds. The van der Waals surface area contributed by atoms with Crippen molar-refractivity contribution in [2.75, 3.05) is 24.7 Å². The Bertz CT molecular complexity index is 864. The first kappa shape index (κ1) is 21.9. The Morgan fingerprint density at radius 2 is 2.04 bits per heavy atom. The van der Waals surface area contributed by atoms with Crippen molar-refractivity contribution >= 4 is 27.8 Å². The predicted molar refractivity (Wildman–Crippen MR) is 95.9 cm³/mol. The topological polar surface area (TPSA) is 80.8 Å². The number of esters is 1. The van der Waals surface area contributed by atoms with Crippen molar-refractivity contribution < 1.29 is 35.9 Å². The fraction of sp³-hybridized carbons (Fsp3) is 0.444. The van der Waals surface area contributed by atoms with E-state index in [2.05, 4.69) is 0 Å². The number of hydrogen-bond acceptors (Lipinski definition) is 5. The van der Waals surface area contributed by atoms with Crippen LogP contribution in [0.15, 0.2) is 30.3 Å². The number of carbonyl (C=O) groups excluding carboxylic acids is 2. The molecule has 154 valence electrons. The molecular formula is C18H20F3NO5S. The van der Waals surface area contributed by atoms with Crippen LogP contribution in [0.3, 0.4) is 0 Å². The lowest BCUT2D eigenvalue weighted by molar-refractivity contribution is -0.149. The minimum atomic E-state index is -4.49. The number of sulfone groups is 1. The molecule has 2 rings (SSSR count). The third-order valence-corrected chi connectivity index (χ3v) is 6.02. The van der Waals surface area contributed by atoms with Crippen LogP contribution >= 0.6 is 0 Å². The molecule has 28 heavy (non-hydrogen) atoms. The monoisotopic (exact) mass is 419 g/mol. The molecule has 1 aliphatic heterocycles. The molecule has 1 atom stereocenters. The quantitative estimate of drug-likeness (QED) is 0.522. The highest BCUT2D eigenvalue weighted by molar-refractivity contribution is 7.91. The Morgan fingerprint density at radius 3 is 2.61 bits per heavy atom. The number of halogens is 3. The second-order valence-corrected chi connectivity index (χ2v) is 8.53. The van der Waals surface area contributed by atoms with Crippen LogP contribution in [-0.2, 0) is 30.3 Å². The van der Waals surface area contributed by atoms with Crippen molar-refractivity contribution in [1.29, 1.82) is 0 Å². The number of rotatable bonds is 6. The fourth-order valence-electron chi connectivity index (χ4n) is 2.91. The highest BCUT2D eigenvalue weighted by Crippen LogP contribution is 2.29. The van der Waals surface area contributed by atoms with Crippen LogP contribution < -0.4 is 0 Å². The van der Waals surface area contributed by atoms with Crippen molar-refractivity contribution in [3.8, 4) is 0 Å². The largest absolute Gasteiger partial charge is 0.452 e. The van der Waals surface area contributed by atoms with Crippen LogP contribution in [0.2, 0.25) is 0 Å². The maximum atomic E-state index is 12.7. The normalized spacial score (nSPS) is 18.9. The van der Waals surface area contributed by atoms with E-state index in [1.807, 2.05) is 0 Å². The van der Waals surface area contributed by atoms with Gasteiger partial charge < -0.3 is 9.64 Å². The molecule has 10 heteroatoms. The van der Waals surface area contributed by atoms with Gasteiger partial charge in [-0.3, -0.25) is 4.79 Å². The molecule has 6 nitrogen and oxygen atoms in total. The fourth-order valence-corrected chi connectivity index (χ4v) is 4.64. The molecule has 0 radical (unpaired) electrons. The molecule has 1 fully saturated rings. The molecule has 1 aromatic carbocycles. The first-order chi connectivity index (χ1) is 13.0. The molecule has 1 aromatic rings. The minimum absolute atomic E-state index is 0.0148. The average Bonchev–Trinajstić information content (AvgIpc) is 2.98. The molecule has 1 saturated heterocycles. The Balaban J connectivity index is 1.91. The number of alkyl halides is 3. The van der Waals surface area contributed by atoms with E-state index in [4.69, 9.17) is 4.74 Å². The third kappa shape index (κ3) is 6.08. The van der Waals surface area contributed by atoms with Crippen LogP contribution in [0.4, 0.5) is 13.2 Å². The Kier molecular flexibility index (Phi) is 6.87. The van der Waals surface area contributed by atoms with Crippen molar-refractivity contribution in [3.63, 3.8) is 0 Å². The van der Waals surface area contributed by atoms with Gasteiger partial charge in [-0.1, -0.05) is 12.1 Å². The maximum Gasteiger partial charge on any atom is 0.416 e. The van der Waals surface area contributed by atoms with Crippen LogP contribution in [0.5, 0.6) is 0 Å². The number of ether oxygens (including phenoxy) is 1. The summed E-state index contributed by atoms with van der Waals surface area (Å²) in [5, 5.41) is 0. The van der Waals surface area contributed by atoms with Crippen LogP contribution in [0.1, 0.15) is 24.5 Å². The first-order valence-corrected chi connectivity index (χ1v) is 10.4. The average molecular weight is 419 g/mol. The second kappa shape index (κ2) is 8.76. The number of carbonyl (C=O) groups is 2. The van der Waals surface area contributed by atoms with E-state index < -0.39 is 46.1 Å². The van der Waals surface area contributed by atoms with E-state index in [9.17, 15) is 31.2 Å². The second-order valence-electron chi connectivity index (χ2n) is 6.30. The number of amides is 1. The third-order valence-electron chi connectivity index (χ3n) is 4.27. The van der Waals surface area contributed by atoms with Crippen molar-refractivity contribution in [1.82, 2.24) is 4.90 Å². The van der Waals surface area contributed by atoms with Crippen LogP contribution in [0, 0.1) is 0 Å². The van der Waals surface area contributed by atoms with Gasteiger partial charge in [-0.15, -0.1) is 0 Å². The summed E-state index contributed by atoms with van der Waals surface area (Å²) in [6.07, 6.45) is -2.07. The van der Waals surface area contributed by atoms with Crippen LogP contribution in [0.25, 0.3) is 6.08 Å². The molecule has 1 unspecified atom stereocenters. The highest BCUT2D eigenvalue weighted by atomic mass is 32.2. The lowest BCUT2D eigenvalue weighted by Crippen LogP contribution is -2.43. The summed E-state index contributed by atoms with van der Waals surface area (Å²) in [5.41, 5.74) is -0.687. The summed E-state index contributed by atoms with van der Waals surface area (Å²) in [6.45, 7) is 1.39. The summed E-state index contributed by atoms with van der Waals surface area (Å²) in [4.78, 5) is 25.3. The van der Waals surface area contributed by atoms with Gasteiger partial charge in [0.05, 0.1) is 17.1 Å². The number of hydrogen-bond donors (Lipinski definition) is 0. The van der Waals surface area contributed by atoms with Gasteiger partial charge in [0.15, 0.2) is 16.4 Å². The van der Waals surface area contributed by atoms with Gasteiger partial charge in [0, 0.05) is 18.7 Å². The molecule has 0 N–H and O–H groups in total. The van der Waals surface area contributed by atoms with Crippen molar-refractivity contribution in [3.05, 3.63) is 41.5 Å². The van der Waals surface area contributed by atoms with E-state index in [0.29, 0.717) is 6.42 Å². The minimum Gasteiger partial charge on any atom is -0.452 e. The van der Waals surface area contributed by atoms with E-state index in [1.165, 1.54) is 17.0 Å². The van der Waals surface area contributed by atoms with Gasteiger partial charge in [0.25, 0.3) is 5.91 Å². The Morgan fingerprint density at radius 1 is 1.32 bits per heavy atom. The van der Waals surface area contributed by atoms with E-state index in [-0.39, 0.29) is 23.6 Å². The van der Waals surface area contributed by atoms with Gasteiger partial charge in [-0.05, 0) is 37.1 Å². The number of benzene rings is 1. The van der Waals surface area contributed by atoms with Gasteiger partial charge in [-0.2, -0.15) is 13.2 Å². The molecule has 0 saturated carbocycles. The van der Waals surface area contributed by atoms with E-state index >= 15 is 0 Å². The molecule has 1 heterocycles. The van der Waals surface area contributed by atoms with E-state index in [0.717, 1.165) is 24.3 Å². The smallest absolute Gasteiger partial charge is 0.416 e. The summed E-state index contributed by atoms with van der Waals surface area (Å²) >= 11 is 0. The van der Waals surface area contributed by atoms with Crippen LogP contribution in [-0.4, -0.2) is 55.9 Å². The van der Waals surface area contributed by atoms with Gasteiger partial charge in [0.1, 0.15) is 0 Å². The Labute approximate surface area is 160 Å². The molecule has 0 spiro atoms. The summed E-state index contributed by atoms with van der Waals surface area (Å²) in [6, 6.07) is 3.96. The van der Waals surface area contributed by atoms with Crippen molar-refractivity contribution in [2.24, 2.45) is 0 Å². The first-order valence-electron chi connectivity index (χ1n) is 8.54. The summed E-state index contributed by atoms with van der Waals surface area (Å²) in [7, 11) is -3.16. The van der Waals surface area contributed by atoms with Crippen molar-refractivity contribution in [2.45, 2.75) is 25.6 Å². The predicted octanol–water partition coefficient (Wildman–Crippen LogP) is 2.30. The Hall–Kier alpha value is -2.36. The zero-order chi connectivity index (χ0) is 20.9. The van der Waals surface area contributed by atoms with Gasteiger partial charge in [0.2, 0.25) is 0 Å². The highest BCUT2D eigenvalue weighted by Gasteiger charge is 2.34. The molecular weight excluding hydrogens is 399 g/mol. The standard InChI is InChI=1S/C18H20F3NO5S/c1-2-22(15-8-9-28(25,26)12-15)16(23)11-27-17(24)7-6-13-4-3-5-14(10-13)18(19,20)21/h3-7,10,15H,2,8-9,11-12H2,1H3/b7-6+. The van der Waals surface area contributed by atoms with E-state index in [1.54, 1.807) is 6.92 Å². The SMILES string of the molecule is CCN(C(=O)COC(=O)/C=C/c1cccc(C(F)(F)F)c1)C1CCS(=O)(=O)C1.